The number of amides is 3. The molecule has 2 rings (SSSR count). The van der Waals surface area contributed by atoms with Crippen LogP contribution < -0.4 is 20.7 Å². The summed E-state index contributed by atoms with van der Waals surface area (Å²) in [6.07, 6.45) is 0. The van der Waals surface area contributed by atoms with Crippen molar-refractivity contribution < 1.29 is 19.1 Å². The van der Waals surface area contributed by atoms with E-state index in [-0.39, 0.29) is 18.4 Å². The van der Waals surface area contributed by atoms with Crippen molar-refractivity contribution in [2.24, 2.45) is 0 Å². The topological polar surface area (TPSA) is 96.5 Å². The zero-order valence-electron chi connectivity index (χ0n) is 14.9. The highest BCUT2D eigenvalue weighted by Gasteiger charge is 2.11. The van der Waals surface area contributed by atoms with Gasteiger partial charge in [-0.25, -0.2) is 0 Å². The highest BCUT2D eigenvalue weighted by Crippen LogP contribution is 2.27. The maximum Gasteiger partial charge on any atom is 0.251 e. The van der Waals surface area contributed by atoms with Crippen molar-refractivity contribution in [3.8, 4) is 5.75 Å². The first kappa shape index (κ1) is 19.0. The molecule has 0 fully saturated rings. The van der Waals surface area contributed by atoms with Crippen molar-refractivity contribution in [3.63, 3.8) is 0 Å². The molecule has 3 amide bonds. The molecule has 2 aromatic carbocycles. The number of hydrogen-bond acceptors (Lipinski definition) is 4. The summed E-state index contributed by atoms with van der Waals surface area (Å²) < 4.78 is 5.20. The number of ether oxygens (including phenoxy) is 1. The van der Waals surface area contributed by atoms with E-state index in [0.29, 0.717) is 22.7 Å². The fourth-order valence-electron chi connectivity index (χ4n) is 2.25. The second-order valence-electron chi connectivity index (χ2n) is 5.69. The van der Waals surface area contributed by atoms with Gasteiger partial charge in [0.25, 0.3) is 5.91 Å². The molecule has 7 nitrogen and oxygen atoms in total. The molecule has 3 N–H and O–H groups in total. The van der Waals surface area contributed by atoms with Gasteiger partial charge in [-0.3, -0.25) is 14.4 Å². The van der Waals surface area contributed by atoms with Crippen molar-refractivity contribution in [3.05, 3.63) is 53.6 Å². The SMILES string of the molecule is COc1ccc(NC(C)=O)cc1NC(=O)CNC(=O)c1ccc(C)cc1. The first-order chi connectivity index (χ1) is 12.4. The Morgan fingerprint density at radius 2 is 1.69 bits per heavy atom. The first-order valence-corrected chi connectivity index (χ1v) is 7.99. The lowest BCUT2D eigenvalue weighted by Gasteiger charge is -2.13. The third kappa shape index (κ3) is 5.34. The summed E-state index contributed by atoms with van der Waals surface area (Å²) >= 11 is 0. The average molecular weight is 355 g/mol. The molecule has 7 heteroatoms. The van der Waals surface area contributed by atoms with Crippen LogP contribution in [0.1, 0.15) is 22.8 Å². The Kier molecular flexibility index (Phi) is 6.32. The molecule has 26 heavy (non-hydrogen) atoms. The van der Waals surface area contributed by atoms with Crippen molar-refractivity contribution >= 4 is 29.1 Å². The highest BCUT2D eigenvalue weighted by atomic mass is 16.5. The standard InChI is InChI=1S/C19H21N3O4/c1-12-4-6-14(7-5-12)19(25)20-11-18(24)22-16-10-15(21-13(2)23)8-9-17(16)26-3/h4-10H,11H2,1-3H3,(H,20,25)(H,21,23)(H,22,24). The minimum Gasteiger partial charge on any atom is -0.495 e. The Labute approximate surface area is 151 Å². The fraction of sp³-hybridized carbons (Fsp3) is 0.211. The molecule has 0 aliphatic rings. The molecule has 0 unspecified atom stereocenters. The van der Waals surface area contributed by atoms with Crippen LogP contribution in [-0.2, 0) is 9.59 Å². The number of anilines is 2. The molecule has 0 bridgehead atoms. The lowest BCUT2D eigenvalue weighted by Crippen LogP contribution is -2.32. The average Bonchev–Trinajstić information content (AvgIpc) is 2.60. The lowest BCUT2D eigenvalue weighted by atomic mass is 10.1. The van der Waals surface area contributed by atoms with Crippen molar-refractivity contribution in [1.29, 1.82) is 0 Å². The van der Waals surface area contributed by atoms with Gasteiger partial charge in [0.2, 0.25) is 11.8 Å². The summed E-state index contributed by atoms with van der Waals surface area (Å²) in [5.74, 6) is -0.530. The van der Waals surface area contributed by atoms with E-state index in [1.807, 2.05) is 19.1 Å². The van der Waals surface area contributed by atoms with Crippen LogP contribution in [0.15, 0.2) is 42.5 Å². The van der Waals surface area contributed by atoms with Crippen LogP contribution in [-0.4, -0.2) is 31.4 Å². The number of methoxy groups -OCH3 is 1. The van der Waals surface area contributed by atoms with E-state index < -0.39 is 5.91 Å². The third-order valence-electron chi connectivity index (χ3n) is 3.52. The number of rotatable bonds is 6. The van der Waals surface area contributed by atoms with Crippen LogP contribution in [0.25, 0.3) is 0 Å². The molecule has 2 aromatic rings. The van der Waals surface area contributed by atoms with Gasteiger partial charge in [-0.2, -0.15) is 0 Å². The summed E-state index contributed by atoms with van der Waals surface area (Å²) in [7, 11) is 1.47. The van der Waals surface area contributed by atoms with Crippen LogP contribution in [0, 0.1) is 6.92 Å². The number of hydrogen-bond donors (Lipinski definition) is 3. The first-order valence-electron chi connectivity index (χ1n) is 7.99. The lowest BCUT2D eigenvalue weighted by molar-refractivity contribution is -0.115. The van der Waals surface area contributed by atoms with Gasteiger partial charge in [0.1, 0.15) is 5.75 Å². The Morgan fingerprint density at radius 1 is 1.00 bits per heavy atom. The summed E-state index contributed by atoms with van der Waals surface area (Å²) in [6.45, 7) is 3.13. The quantitative estimate of drug-likeness (QED) is 0.741. The monoisotopic (exact) mass is 355 g/mol. The fourth-order valence-corrected chi connectivity index (χ4v) is 2.25. The molecule has 0 aliphatic carbocycles. The van der Waals surface area contributed by atoms with Gasteiger partial charge in [0.15, 0.2) is 0 Å². The number of carbonyl (C=O) groups excluding carboxylic acids is 3. The zero-order valence-corrected chi connectivity index (χ0v) is 14.9. The van der Waals surface area contributed by atoms with Crippen molar-refractivity contribution in [2.45, 2.75) is 13.8 Å². The Balaban J connectivity index is 1.99. The maximum atomic E-state index is 12.1. The second-order valence-corrected chi connectivity index (χ2v) is 5.69. The molecule has 136 valence electrons. The number of nitrogens with one attached hydrogen (secondary N) is 3. The van der Waals surface area contributed by atoms with Crippen LogP contribution in [0.5, 0.6) is 5.75 Å². The molecule has 0 saturated carbocycles. The minimum absolute atomic E-state index is 0.194. The maximum absolute atomic E-state index is 12.1. The summed E-state index contributed by atoms with van der Waals surface area (Å²) in [5.41, 5.74) is 2.45. The van der Waals surface area contributed by atoms with Gasteiger partial charge in [-0.1, -0.05) is 17.7 Å². The normalized spacial score (nSPS) is 9.96. The zero-order chi connectivity index (χ0) is 19.1. The van der Waals surface area contributed by atoms with E-state index in [4.69, 9.17) is 4.74 Å². The molecule has 0 atom stereocenters. The molecule has 0 saturated heterocycles. The molecular weight excluding hydrogens is 334 g/mol. The summed E-state index contributed by atoms with van der Waals surface area (Å²) in [6, 6.07) is 11.9. The van der Waals surface area contributed by atoms with E-state index in [1.165, 1.54) is 14.0 Å². The smallest absolute Gasteiger partial charge is 0.251 e. The minimum atomic E-state index is -0.413. The van der Waals surface area contributed by atoms with E-state index in [0.717, 1.165) is 5.56 Å². The Morgan fingerprint density at radius 3 is 2.31 bits per heavy atom. The Bertz CT molecular complexity index is 816. The van der Waals surface area contributed by atoms with E-state index >= 15 is 0 Å². The number of carbonyl (C=O) groups is 3. The summed E-state index contributed by atoms with van der Waals surface area (Å²) in [5, 5.41) is 7.85. The predicted octanol–water partition coefficient (Wildman–Crippen LogP) is 2.33. The molecule has 0 aliphatic heterocycles. The van der Waals surface area contributed by atoms with Gasteiger partial charge >= 0.3 is 0 Å². The molecule has 0 spiro atoms. The van der Waals surface area contributed by atoms with Crippen LogP contribution in [0.2, 0.25) is 0 Å². The molecular formula is C19H21N3O4. The van der Waals surface area contributed by atoms with Crippen LogP contribution in [0.4, 0.5) is 11.4 Å². The van der Waals surface area contributed by atoms with E-state index in [2.05, 4.69) is 16.0 Å². The van der Waals surface area contributed by atoms with Crippen molar-refractivity contribution in [2.75, 3.05) is 24.3 Å². The largest absolute Gasteiger partial charge is 0.495 e. The Hall–Kier alpha value is -3.35. The highest BCUT2D eigenvalue weighted by molar-refractivity contribution is 6.00. The second kappa shape index (κ2) is 8.66. The van der Waals surface area contributed by atoms with Crippen molar-refractivity contribution in [1.82, 2.24) is 5.32 Å². The predicted molar refractivity (Wildman–Crippen MR) is 99.4 cm³/mol. The van der Waals surface area contributed by atoms with Crippen LogP contribution in [0.3, 0.4) is 0 Å². The van der Waals surface area contributed by atoms with Gasteiger partial charge in [0.05, 0.1) is 19.3 Å². The van der Waals surface area contributed by atoms with E-state index in [1.54, 1.807) is 30.3 Å². The number of aryl methyl sites for hydroxylation is 1. The molecule has 0 aromatic heterocycles. The van der Waals surface area contributed by atoms with Crippen LogP contribution >= 0.6 is 0 Å². The summed E-state index contributed by atoms with van der Waals surface area (Å²) in [4.78, 5) is 35.3. The molecule has 0 radical (unpaired) electrons. The number of benzene rings is 2. The van der Waals surface area contributed by atoms with Gasteiger partial charge < -0.3 is 20.7 Å². The van der Waals surface area contributed by atoms with Gasteiger partial charge in [-0.05, 0) is 37.3 Å². The van der Waals surface area contributed by atoms with Gasteiger partial charge in [-0.15, -0.1) is 0 Å². The van der Waals surface area contributed by atoms with E-state index in [9.17, 15) is 14.4 Å². The van der Waals surface area contributed by atoms with Gasteiger partial charge in [0, 0.05) is 18.2 Å². The molecule has 0 heterocycles. The third-order valence-corrected chi connectivity index (χ3v) is 3.52.